The first kappa shape index (κ1) is 23.8. The Morgan fingerprint density at radius 3 is 2.34 bits per heavy atom. The van der Waals surface area contributed by atoms with E-state index in [1.165, 1.54) is 42.6 Å². The van der Waals surface area contributed by atoms with Crippen molar-refractivity contribution in [2.45, 2.75) is 19.2 Å². The molecule has 0 spiro atoms. The number of hydrogen-bond donors (Lipinski definition) is 3. The fourth-order valence-corrected chi connectivity index (χ4v) is 2.97. The fraction of sp³-hybridized carbons (Fsp3) is 0.174. The summed E-state index contributed by atoms with van der Waals surface area (Å²) in [5.41, 5.74) is 0.106. The highest BCUT2D eigenvalue weighted by atomic mass is 19.4. The van der Waals surface area contributed by atoms with E-state index in [2.05, 4.69) is 25.7 Å². The number of anilines is 3. The van der Waals surface area contributed by atoms with Gasteiger partial charge in [-0.3, -0.25) is 4.79 Å². The van der Waals surface area contributed by atoms with Crippen molar-refractivity contribution in [2.75, 3.05) is 16.0 Å². The first-order valence-corrected chi connectivity index (χ1v) is 10.3. The van der Waals surface area contributed by atoms with Crippen molar-refractivity contribution in [3.8, 4) is 17.2 Å². The number of aromatic nitrogens is 1. The Morgan fingerprint density at radius 2 is 1.66 bits per heavy atom. The minimum Gasteiger partial charge on any atom is -0.454 e. The molecule has 8 nitrogen and oxygen atoms in total. The van der Waals surface area contributed by atoms with E-state index in [1.807, 2.05) is 0 Å². The summed E-state index contributed by atoms with van der Waals surface area (Å²) in [6, 6.07) is 10.5. The number of hydrogen-bond acceptors (Lipinski definition) is 5. The van der Waals surface area contributed by atoms with Gasteiger partial charge in [0.05, 0.1) is 0 Å². The van der Waals surface area contributed by atoms with Gasteiger partial charge in [0.25, 0.3) is 0 Å². The van der Waals surface area contributed by atoms with Crippen LogP contribution in [0.15, 0.2) is 60.8 Å². The third kappa shape index (κ3) is 7.06. The molecular formula is C23H18F4N4O4. The zero-order valence-corrected chi connectivity index (χ0v) is 17.9. The molecule has 0 saturated heterocycles. The van der Waals surface area contributed by atoms with Gasteiger partial charge in [-0.15, -0.1) is 13.2 Å². The molecule has 1 saturated carbocycles. The minimum absolute atomic E-state index is 0.00627. The van der Waals surface area contributed by atoms with Crippen molar-refractivity contribution in [2.24, 2.45) is 5.92 Å². The number of nitrogens with zero attached hydrogens (tertiary/aromatic N) is 1. The number of carbonyl (C=O) groups excluding carboxylic acids is 2. The van der Waals surface area contributed by atoms with Crippen LogP contribution in [-0.2, 0) is 4.79 Å². The second-order valence-electron chi connectivity index (χ2n) is 7.54. The van der Waals surface area contributed by atoms with Gasteiger partial charge in [0, 0.05) is 41.7 Å². The number of benzene rings is 2. The van der Waals surface area contributed by atoms with Crippen LogP contribution in [0.2, 0.25) is 0 Å². The lowest BCUT2D eigenvalue weighted by atomic mass is 10.3. The monoisotopic (exact) mass is 490 g/mol. The summed E-state index contributed by atoms with van der Waals surface area (Å²) in [6.07, 6.45) is -1.79. The smallest absolute Gasteiger partial charge is 0.454 e. The molecular weight excluding hydrogens is 472 g/mol. The van der Waals surface area contributed by atoms with Crippen LogP contribution in [0.3, 0.4) is 0 Å². The number of pyridine rings is 1. The van der Waals surface area contributed by atoms with Crippen molar-refractivity contribution in [3.63, 3.8) is 0 Å². The van der Waals surface area contributed by atoms with Crippen LogP contribution in [0.4, 0.5) is 39.5 Å². The lowest BCUT2D eigenvalue weighted by Crippen LogP contribution is -2.20. The van der Waals surface area contributed by atoms with Gasteiger partial charge in [-0.25, -0.2) is 14.2 Å². The Morgan fingerprint density at radius 1 is 0.914 bits per heavy atom. The highest BCUT2D eigenvalue weighted by molar-refractivity contribution is 5.99. The van der Waals surface area contributed by atoms with Crippen LogP contribution in [0, 0.1) is 11.7 Å². The average molecular weight is 490 g/mol. The van der Waals surface area contributed by atoms with Gasteiger partial charge in [-0.1, -0.05) is 6.07 Å². The number of rotatable bonds is 7. The van der Waals surface area contributed by atoms with Gasteiger partial charge in [-0.05, 0) is 43.2 Å². The third-order valence-electron chi connectivity index (χ3n) is 4.67. The third-order valence-corrected chi connectivity index (χ3v) is 4.67. The molecule has 3 amide bonds. The molecule has 0 aliphatic heterocycles. The van der Waals surface area contributed by atoms with Gasteiger partial charge in [0.15, 0.2) is 11.6 Å². The molecule has 0 radical (unpaired) electrons. The molecule has 3 aromatic rings. The number of ether oxygens (including phenoxy) is 2. The highest BCUT2D eigenvalue weighted by Gasteiger charge is 2.31. The normalized spacial score (nSPS) is 13.0. The number of halogens is 4. The van der Waals surface area contributed by atoms with Crippen LogP contribution >= 0.6 is 0 Å². The van der Waals surface area contributed by atoms with E-state index in [0.29, 0.717) is 0 Å². The number of alkyl halides is 3. The molecule has 4 rings (SSSR count). The average Bonchev–Trinajstić information content (AvgIpc) is 3.60. The molecule has 1 aliphatic rings. The molecule has 1 aliphatic carbocycles. The molecule has 2 aromatic carbocycles. The number of amides is 3. The molecule has 0 atom stereocenters. The first-order valence-electron chi connectivity index (χ1n) is 10.3. The summed E-state index contributed by atoms with van der Waals surface area (Å²) in [4.78, 5) is 28.1. The van der Waals surface area contributed by atoms with Crippen LogP contribution in [0.1, 0.15) is 12.8 Å². The van der Waals surface area contributed by atoms with Crippen LogP contribution in [0.5, 0.6) is 17.2 Å². The maximum atomic E-state index is 14.5. The Labute approximate surface area is 196 Å². The van der Waals surface area contributed by atoms with Gasteiger partial charge in [0.2, 0.25) is 5.91 Å². The lowest BCUT2D eigenvalue weighted by Gasteiger charge is -2.12. The zero-order chi connectivity index (χ0) is 25.0. The molecule has 1 aromatic heterocycles. The quantitative estimate of drug-likeness (QED) is 0.358. The summed E-state index contributed by atoms with van der Waals surface area (Å²) in [6.45, 7) is 0. The SMILES string of the molecule is O=C(Nc1cccc(OC(F)(F)F)c1)Nc1ccc(Oc2ccnc(NC(=O)C3CC3)c2)c(F)c1. The number of urea groups is 1. The Balaban J connectivity index is 1.36. The highest BCUT2D eigenvalue weighted by Crippen LogP contribution is 2.31. The Hall–Kier alpha value is -4.35. The molecule has 0 bridgehead atoms. The van der Waals surface area contributed by atoms with Gasteiger partial charge in [0.1, 0.15) is 17.3 Å². The van der Waals surface area contributed by atoms with Crippen LogP contribution < -0.4 is 25.4 Å². The molecule has 182 valence electrons. The summed E-state index contributed by atoms with van der Waals surface area (Å²) in [5.74, 6) is -1.05. The molecule has 3 N–H and O–H groups in total. The van der Waals surface area contributed by atoms with Crippen molar-refractivity contribution in [3.05, 3.63) is 66.6 Å². The second kappa shape index (κ2) is 9.87. The summed E-state index contributed by atoms with van der Waals surface area (Å²) in [7, 11) is 0. The Kier molecular flexibility index (Phi) is 6.71. The summed E-state index contributed by atoms with van der Waals surface area (Å²) >= 11 is 0. The summed E-state index contributed by atoms with van der Waals surface area (Å²) in [5, 5.41) is 7.37. The van der Waals surface area contributed by atoms with Crippen molar-refractivity contribution in [1.29, 1.82) is 0 Å². The second-order valence-corrected chi connectivity index (χ2v) is 7.54. The van der Waals surface area contributed by atoms with Crippen molar-refractivity contribution in [1.82, 2.24) is 4.98 Å². The van der Waals surface area contributed by atoms with Crippen molar-refractivity contribution < 1.29 is 36.6 Å². The van der Waals surface area contributed by atoms with E-state index in [1.54, 1.807) is 0 Å². The fourth-order valence-electron chi connectivity index (χ4n) is 2.97. The topological polar surface area (TPSA) is 102 Å². The van der Waals surface area contributed by atoms with Crippen LogP contribution in [-0.4, -0.2) is 23.3 Å². The predicted molar refractivity (Wildman–Crippen MR) is 118 cm³/mol. The summed E-state index contributed by atoms with van der Waals surface area (Å²) < 4.78 is 60.9. The van der Waals surface area contributed by atoms with E-state index in [0.717, 1.165) is 31.0 Å². The van der Waals surface area contributed by atoms with Gasteiger partial charge < -0.3 is 25.4 Å². The van der Waals surface area contributed by atoms with Crippen LogP contribution in [0.25, 0.3) is 0 Å². The van der Waals surface area contributed by atoms with E-state index >= 15 is 0 Å². The van der Waals surface area contributed by atoms with Gasteiger partial charge in [-0.2, -0.15) is 0 Å². The number of nitrogens with one attached hydrogen (secondary N) is 3. The molecule has 1 fully saturated rings. The lowest BCUT2D eigenvalue weighted by molar-refractivity contribution is -0.274. The molecule has 1 heterocycles. The largest absolute Gasteiger partial charge is 0.573 e. The molecule has 12 heteroatoms. The standard InChI is InChI=1S/C23H18F4N4O4/c24-18-11-15(30-22(33)29-14-2-1-3-17(10-14)35-23(25,26)27)6-7-19(18)34-16-8-9-28-20(12-16)31-21(32)13-4-5-13/h1-3,6-13H,4-5H2,(H,28,31,32)(H2,29,30,33). The number of carbonyl (C=O) groups is 2. The van der Waals surface area contributed by atoms with E-state index in [4.69, 9.17) is 4.74 Å². The van der Waals surface area contributed by atoms with E-state index in [9.17, 15) is 27.2 Å². The van der Waals surface area contributed by atoms with Gasteiger partial charge >= 0.3 is 12.4 Å². The Bertz CT molecular complexity index is 1250. The first-order chi connectivity index (χ1) is 16.6. The zero-order valence-electron chi connectivity index (χ0n) is 17.9. The maximum Gasteiger partial charge on any atom is 0.573 e. The predicted octanol–water partition coefficient (Wildman–Crippen LogP) is 5.90. The maximum absolute atomic E-state index is 14.5. The molecule has 35 heavy (non-hydrogen) atoms. The van der Waals surface area contributed by atoms with E-state index in [-0.39, 0.29) is 40.5 Å². The minimum atomic E-state index is -4.87. The van der Waals surface area contributed by atoms with E-state index < -0.39 is 24.0 Å². The van der Waals surface area contributed by atoms with Crippen molar-refractivity contribution >= 4 is 29.1 Å². The molecule has 0 unspecified atom stereocenters.